The van der Waals surface area contributed by atoms with Gasteiger partial charge in [0.1, 0.15) is 5.82 Å². The number of hydrogen-bond donors (Lipinski definition) is 0. The molecule has 0 spiro atoms. The first-order valence-electron chi connectivity index (χ1n) is 6.70. The number of halogens is 1. The van der Waals surface area contributed by atoms with Gasteiger partial charge in [0.25, 0.3) is 0 Å². The Balaban J connectivity index is 2.48. The summed E-state index contributed by atoms with van der Waals surface area (Å²) >= 11 is 0. The highest BCUT2D eigenvalue weighted by Crippen LogP contribution is 2.11. The topological polar surface area (TPSA) is 3.24 Å². The average Bonchev–Trinajstić information content (AvgIpc) is 2.41. The van der Waals surface area contributed by atoms with Gasteiger partial charge in [-0.05, 0) is 44.0 Å². The van der Waals surface area contributed by atoms with Crippen molar-refractivity contribution in [1.29, 1.82) is 0 Å². The first-order valence-corrected chi connectivity index (χ1v) is 6.70. The van der Waals surface area contributed by atoms with Crippen LogP contribution < -0.4 is 0 Å². The van der Waals surface area contributed by atoms with E-state index in [1.807, 2.05) is 19.2 Å². The van der Waals surface area contributed by atoms with Crippen LogP contribution in [0.5, 0.6) is 0 Å². The molecule has 102 valence electrons. The minimum absolute atomic E-state index is 0.181. The van der Waals surface area contributed by atoms with Crippen LogP contribution in [-0.4, -0.2) is 25.0 Å². The maximum atomic E-state index is 12.8. The lowest BCUT2D eigenvalue weighted by Gasteiger charge is -2.14. The number of nitrogens with zero attached hydrogens (tertiary/aromatic N) is 1. The molecular weight excluding hydrogens is 237 g/mol. The lowest BCUT2D eigenvalue weighted by atomic mass is 10.0. The van der Waals surface area contributed by atoms with Crippen molar-refractivity contribution in [3.8, 4) is 12.3 Å². The van der Waals surface area contributed by atoms with E-state index in [2.05, 4.69) is 23.8 Å². The van der Waals surface area contributed by atoms with E-state index in [1.165, 1.54) is 17.7 Å². The Bertz CT molecular complexity index is 439. The van der Waals surface area contributed by atoms with Gasteiger partial charge in [0.15, 0.2) is 0 Å². The summed E-state index contributed by atoms with van der Waals surface area (Å²) in [4.78, 5) is 2.14. The monoisotopic (exact) mass is 259 g/mol. The molecule has 2 heteroatoms. The Morgan fingerprint density at radius 1 is 1.37 bits per heavy atom. The third-order valence-corrected chi connectivity index (χ3v) is 3.17. The molecule has 1 rings (SSSR count). The predicted octanol–water partition coefficient (Wildman–Crippen LogP) is 3.66. The van der Waals surface area contributed by atoms with Crippen molar-refractivity contribution in [1.82, 2.24) is 4.90 Å². The van der Waals surface area contributed by atoms with Crippen molar-refractivity contribution < 1.29 is 4.39 Å². The zero-order valence-electron chi connectivity index (χ0n) is 11.8. The van der Waals surface area contributed by atoms with Gasteiger partial charge in [-0.1, -0.05) is 36.6 Å². The van der Waals surface area contributed by atoms with Gasteiger partial charge < -0.3 is 0 Å². The van der Waals surface area contributed by atoms with Gasteiger partial charge in [0.05, 0.1) is 6.54 Å². The second-order valence-electron chi connectivity index (χ2n) is 4.74. The third-order valence-electron chi connectivity index (χ3n) is 3.17. The van der Waals surface area contributed by atoms with Gasteiger partial charge in [-0.2, -0.15) is 0 Å². The molecule has 0 aliphatic carbocycles. The number of terminal acetylenes is 1. The summed E-state index contributed by atoms with van der Waals surface area (Å²) in [5.41, 5.74) is 2.57. The van der Waals surface area contributed by atoms with E-state index in [0.717, 1.165) is 31.4 Å². The highest BCUT2D eigenvalue weighted by molar-refractivity contribution is 5.20. The standard InChI is InChI=1S/C17H22FN/c1-4-13-19(3)14-12-15(5-2)6-7-16-8-10-17(18)11-9-16/h1,6,8-11H,5,7,12-14H2,2-3H3/b15-6-. The Kier molecular flexibility index (Phi) is 6.92. The van der Waals surface area contributed by atoms with Gasteiger partial charge in [0.2, 0.25) is 0 Å². The molecule has 1 aromatic carbocycles. The normalized spacial score (nSPS) is 11.6. The van der Waals surface area contributed by atoms with Crippen LogP contribution in [0.2, 0.25) is 0 Å². The van der Waals surface area contributed by atoms with Crippen molar-refractivity contribution in [2.24, 2.45) is 0 Å². The SMILES string of the molecule is C#CCN(C)CC/C(=C\Cc1ccc(F)cc1)CC. The van der Waals surface area contributed by atoms with Crippen LogP contribution in [0.3, 0.4) is 0 Å². The third kappa shape index (κ3) is 6.22. The van der Waals surface area contributed by atoms with Crippen molar-refractivity contribution in [2.45, 2.75) is 26.2 Å². The predicted molar refractivity (Wildman–Crippen MR) is 79.4 cm³/mol. The smallest absolute Gasteiger partial charge is 0.123 e. The zero-order valence-corrected chi connectivity index (χ0v) is 11.8. The summed E-state index contributed by atoms with van der Waals surface area (Å²) in [5.74, 6) is 2.46. The molecule has 0 saturated carbocycles. The van der Waals surface area contributed by atoms with Crippen molar-refractivity contribution in [3.63, 3.8) is 0 Å². The van der Waals surface area contributed by atoms with E-state index >= 15 is 0 Å². The molecule has 0 bridgehead atoms. The lowest BCUT2D eigenvalue weighted by Crippen LogP contribution is -2.20. The number of hydrogen-bond acceptors (Lipinski definition) is 1. The molecule has 0 unspecified atom stereocenters. The summed E-state index contributed by atoms with van der Waals surface area (Å²) in [6.07, 6.45) is 10.5. The van der Waals surface area contributed by atoms with Crippen LogP contribution in [0, 0.1) is 18.2 Å². The second kappa shape index (κ2) is 8.50. The summed E-state index contributed by atoms with van der Waals surface area (Å²) in [5, 5.41) is 0. The molecule has 0 aromatic heterocycles. The Morgan fingerprint density at radius 3 is 2.63 bits per heavy atom. The van der Waals surface area contributed by atoms with Crippen molar-refractivity contribution in [2.75, 3.05) is 20.1 Å². The number of benzene rings is 1. The van der Waals surface area contributed by atoms with Crippen LogP contribution in [0.15, 0.2) is 35.9 Å². The Morgan fingerprint density at radius 2 is 2.05 bits per heavy atom. The van der Waals surface area contributed by atoms with Crippen LogP contribution in [-0.2, 0) is 6.42 Å². The molecule has 0 N–H and O–H groups in total. The number of allylic oxidation sites excluding steroid dienone is 1. The molecule has 1 nitrogen and oxygen atoms in total. The first kappa shape index (κ1) is 15.5. The molecule has 0 aliphatic heterocycles. The van der Waals surface area contributed by atoms with E-state index in [-0.39, 0.29) is 5.82 Å². The summed E-state index contributed by atoms with van der Waals surface area (Å²) in [6.45, 7) is 3.83. The van der Waals surface area contributed by atoms with Crippen LogP contribution in [0.4, 0.5) is 4.39 Å². The van der Waals surface area contributed by atoms with Crippen LogP contribution >= 0.6 is 0 Å². The summed E-state index contributed by atoms with van der Waals surface area (Å²) < 4.78 is 12.8. The Hall–Kier alpha value is -1.59. The molecule has 0 amide bonds. The maximum absolute atomic E-state index is 12.8. The minimum atomic E-state index is -0.181. The van der Waals surface area contributed by atoms with E-state index < -0.39 is 0 Å². The van der Waals surface area contributed by atoms with Gasteiger partial charge in [-0.25, -0.2) is 4.39 Å². The molecule has 0 heterocycles. The van der Waals surface area contributed by atoms with Gasteiger partial charge in [0, 0.05) is 6.54 Å². The lowest BCUT2D eigenvalue weighted by molar-refractivity contribution is 0.379. The van der Waals surface area contributed by atoms with E-state index in [9.17, 15) is 4.39 Å². The zero-order chi connectivity index (χ0) is 14.1. The quantitative estimate of drug-likeness (QED) is 0.533. The maximum Gasteiger partial charge on any atom is 0.123 e. The highest BCUT2D eigenvalue weighted by atomic mass is 19.1. The molecular formula is C17H22FN. The first-order chi connectivity index (χ1) is 9.15. The number of rotatable bonds is 7. The fourth-order valence-electron chi connectivity index (χ4n) is 1.88. The molecule has 0 saturated heterocycles. The fourth-order valence-corrected chi connectivity index (χ4v) is 1.88. The van der Waals surface area contributed by atoms with E-state index in [4.69, 9.17) is 6.42 Å². The largest absolute Gasteiger partial charge is 0.295 e. The molecule has 19 heavy (non-hydrogen) atoms. The molecule has 0 fully saturated rings. The highest BCUT2D eigenvalue weighted by Gasteiger charge is 2.00. The summed E-state index contributed by atoms with van der Waals surface area (Å²) in [7, 11) is 2.03. The molecule has 0 radical (unpaired) electrons. The van der Waals surface area contributed by atoms with Crippen molar-refractivity contribution >= 4 is 0 Å². The molecule has 0 atom stereocenters. The van der Waals surface area contributed by atoms with Gasteiger partial charge >= 0.3 is 0 Å². The second-order valence-corrected chi connectivity index (χ2v) is 4.74. The van der Waals surface area contributed by atoms with Crippen molar-refractivity contribution in [3.05, 3.63) is 47.3 Å². The van der Waals surface area contributed by atoms with Gasteiger partial charge in [-0.15, -0.1) is 6.42 Å². The van der Waals surface area contributed by atoms with E-state index in [1.54, 1.807) is 0 Å². The molecule has 0 aliphatic rings. The fraction of sp³-hybridized carbons (Fsp3) is 0.412. The average molecular weight is 259 g/mol. The molecule has 1 aromatic rings. The minimum Gasteiger partial charge on any atom is -0.295 e. The van der Waals surface area contributed by atoms with Crippen LogP contribution in [0.25, 0.3) is 0 Å². The Labute approximate surface area is 116 Å². The summed E-state index contributed by atoms with van der Waals surface area (Å²) in [6, 6.07) is 6.69. The van der Waals surface area contributed by atoms with Gasteiger partial charge in [-0.3, -0.25) is 4.90 Å². The van der Waals surface area contributed by atoms with E-state index in [0.29, 0.717) is 6.54 Å². The van der Waals surface area contributed by atoms with Crippen LogP contribution in [0.1, 0.15) is 25.3 Å².